The molecule has 0 bridgehead atoms. The molecule has 1 amide bonds. The molecule has 1 N–H and O–H groups in total. The Labute approximate surface area is 152 Å². The van der Waals surface area contributed by atoms with Gasteiger partial charge in [-0.3, -0.25) is 4.79 Å². The molecule has 1 aliphatic rings. The topological polar surface area (TPSA) is 94.6 Å². The summed E-state index contributed by atoms with van der Waals surface area (Å²) in [5.74, 6) is 0.656. The Bertz CT molecular complexity index is 857. The lowest BCUT2D eigenvalue weighted by Gasteiger charge is -2.23. The minimum Gasteiger partial charge on any atom is -0.439 e. The van der Waals surface area contributed by atoms with Crippen LogP contribution >= 0.6 is 0 Å². The van der Waals surface area contributed by atoms with E-state index in [0.717, 1.165) is 19.1 Å². The van der Waals surface area contributed by atoms with Crippen LogP contribution < -0.4 is 10.1 Å². The SMILES string of the molecule is CS(=O)(=O)c1ccc(Oc2ccc(C(=O)NC3CCOCC3)cc2)nc1. The summed E-state index contributed by atoms with van der Waals surface area (Å²) < 4.78 is 33.7. The van der Waals surface area contributed by atoms with E-state index in [0.29, 0.717) is 24.5 Å². The lowest BCUT2D eigenvalue weighted by atomic mass is 10.1. The van der Waals surface area contributed by atoms with Gasteiger partial charge in [-0.1, -0.05) is 0 Å². The largest absolute Gasteiger partial charge is 0.439 e. The normalized spacial score (nSPS) is 15.4. The van der Waals surface area contributed by atoms with E-state index >= 15 is 0 Å². The molecular formula is C18H20N2O5S. The standard InChI is InChI=1S/C18H20N2O5S/c1-26(22,23)16-6-7-17(19-12-16)25-15-4-2-13(3-5-15)18(21)20-14-8-10-24-11-9-14/h2-7,12,14H,8-11H2,1H3,(H,20,21). The maximum Gasteiger partial charge on any atom is 0.251 e. The third-order valence-electron chi connectivity index (χ3n) is 4.03. The van der Waals surface area contributed by atoms with Crippen LogP contribution in [0.15, 0.2) is 47.5 Å². The molecule has 0 atom stereocenters. The molecule has 2 aromatic rings. The minimum atomic E-state index is -3.29. The predicted molar refractivity (Wildman–Crippen MR) is 95.2 cm³/mol. The second-order valence-corrected chi connectivity index (χ2v) is 8.11. The van der Waals surface area contributed by atoms with E-state index in [1.165, 1.54) is 18.3 Å². The smallest absolute Gasteiger partial charge is 0.251 e. The zero-order valence-corrected chi connectivity index (χ0v) is 15.2. The first kappa shape index (κ1) is 18.3. The molecule has 0 spiro atoms. The quantitative estimate of drug-likeness (QED) is 0.860. The fraction of sp³-hybridized carbons (Fsp3) is 0.333. The molecule has 0 aliphatic carbocycles. The van der Waals surface area contributed by atoms with Crippen molar-refractivity contribution in [1.82, 2.24) is 10.3 Å². The van der Waals surface area contributed by atoms with E-state index in [2.05, 4.69) is 10.3 Å². The van der Waals surface area contributed by atoms with Crippen molar-refractivity contribution in [3.8, 4) is 11.6 Å². The van der Waals surface area contributed by atoms with Gasteiger partial charge >= 0.3 is 0 Å². The summed E-state index contributed by atoms with van der Waals surface area (Å²) in [4.78, 5) is 16.4. The van der Waals surface area contributed by atoms with Crippen molar-refractivity contribution in [2.75, 3.05) is 19.5 Å². The number of carbonyl (C=O) groups excluding carboxylic acids is 1. The van der Waals surface area contributed by atoms with Crippen molar-refractivity contribution in [2.24, 2.45) is 0 Å². The Balaban J connectivity index is 1.61. The second-order valence-electron chi connectivity index (χ2n) is 6.09. The Morgan fingerprint density at radius 2 is 1.85 bits per heavy atom. The van der Waals surface area contributed by atoms with Crippen LogP contribution in [0.3, 0.4) is 0 Å². The molecule has 8 heteroatoms. The van der Waals surface area contributed by atoms with Crippen molar-refractivity contribution in [1.29, 1.82) is 0 Å². The summed E-state index contributed by atoms with van der Waals surface area (Å²) in [6, 6.07) is 9.76. The first-order valence-corrected chi connectivity index (χ1v) is 10.1. The van der Waals surface area contributed by atoms with Gasteiger partial charge in [0.05, 0.1) is 4.90 Å². The highest BCUT2D eigenvalue weighted by Gasteiger charge is 2.17. The summed E-state index contributed by atoms with van der Waals surface area (Å²) >= 11 is 0. The second kappa shape index (κ2) is 7.84. The van der Waals surface area contributed by atoms with Crippen LogP contribution in [0.25, 0.3) is 0 Å². The molecule has 0 radical (unpaired) electrons. The summed E-state index contributed by atoms with van der Waals surface area (Å²) in [7, 11) is -3.29. The lowest BCUT2D eigenvalue weighted by molar-refractivity contribution is 0.0696. The molecule has 2 heterocycles. The fourth-order valence-corrected chi connectivity index (χ4v) is 3.11. The number of hydrogen-bond donors (Lipinski definition) is 1. The van der Waals surface area contributed by atoms with Crippen LogP contribution in [-0.4, -0.2) is 44.8 Å². The number of nitrogens with zero attached hydrogens (tertiary/aromatic N) is 1. The maximum atomic E-state index is 12.3. The average Bonchev–Trinajstić information content (AvgIpc) is 2.63. The molecule has 0 saturated carbocycles. The van der Waals surface area contributed by atoms with Gasteiger partial charge in [0, 0.05) is 43.3 Å². The number of benzene rings is 1. The van der Waals surface area contributed by atoms with Gasteiger partial charge < -0.3 is 14.8 Å². The summed E-state index contributed by atoms with van der Waals surface area (Å²) in [5.41, 5.74) is 0.546. The molecule has 1 aromatic carbocycles. The van der Waals surface area contributed by atoms with Crippen LogP contribution in [0.2, 0.25) is 0 Å². The zero-order chi connectivity index (χ0) is 18.6. The van der Waals surface area contributed by atoms with Crippen molar-refractivity contribution >= 4 is 15.7 Å². The monoisotopic (exact) mass is 376 g/mol. The van der Waals surface area contributed by atoms with E-state index in [9.17, 15) is 13.2 Å². The Hall–Kier alpha value is -2.45. The number of amides is 1. The molecule has 7 nitrogen and oxygen atoms in total. The number of nitrogens with one attached hydrogen (secondary N) is 1. The molecule has 1 fully saturated rings. The van der Waals surface area contributed by atoms with Gasteiger partial charge in [0.1, 0.15) is 5.75 Å². The third kappa shape index (κ3) is 4.80. The first-order valence-electron chi connectivity index (χ1n) is 8.24. The highest BCUT2D eigenvalue weighted by atomic mass is 32.2. The number of carbonyl (C=O) groups is 1. The van der Waals surface area contributed by atoms with Crippen molar-refractivity contribution < 1.29 is 22.7 Å². The Morgan fingerprint density at radius 1 is 1.15 bits per heavy atom. The maximum absolute atomic E-state index is 12.3. The van der Waals surface area contributed by atoms with Crippen LogP contribution in [0.1, 0.15) is 23.2 Å². The lowest BCUT2D eigenvalue weighted by Crippen LogP contribution is -2.38. The highest BCUT2D eigenvalue weighted by Crippen LogP contribution is 2.21. The van der Waals surface area contributed by atoms with E-state index < -0.39 is 9.84 Å². The molecule has 26 heavy (non-hydrogen) atoms. The van der Waals surface area contributed by atoms with E-state index in [1.54, 1.807) is 24.3 Å². The number of rotatable bonds is 5. The molecule has 0 unspecified atom stereocenters. The molecular weight excluding hydrogens is 356 g/mol. The van der Waals surface area contributed by atoms with Crippen molar-refractivity contribution in [2.45, 2.75) is 23.8 Å². The summed E-state index contributed by atoms with van der Waals surface area (Å²) in [5, 5.41) is 3.00. The fourth-order valence-electron chi connectivity index (χ4n) is 2.55. The third-order valence-corrected chi connectivity index (χ3v) is 5.13. The highest BCUT2D eigenvalue weighted by molar-refractivity contribution is 7.90. The van der Waals surface area contributed by atoms with Crippen molar-refractivity contribution in [3.05, 3.63) is 48.2 Å². The minimum absolute atomic E-state index is 0.126. The number of ether oxygens (including phenoxy) is 2. The Morgan fingerprint density at radius 3 is 2.42 bits per heavy atom. The first-order chi connectivity index (χ1) is 12.4. The van der Waals surface area contributed by atoms with Gasteiger partial charge in [-0.05, 0) is 43.2 Å². The van der Waals surface area contributed by atoms with E-state index in [1.807, 2.05) is 0 Å². The van der Waals surface area contributed by atoms with Gasteiger partial charge in [-0.2, -0.15) is 0 Å². The number of sulfone groups is 1. The van der Waals surface area contributed by atoms with Crippen LogP contribution in [0.4, 0.5) is 0 Å². The molecule has 138 valence electrons. The van der Waals surface area contributed by atoms with Gasteiger partial charge in [0.15, 0.2) is 9.84 Å². The van der Waals surface area contributed by atoms with Gasteiger partial charge in [0.25, 0.3) is 5.91 Å². The summed E-state index contributed by atoms with van der Waals surface area (Å²) in [6.45, 7) is 1.34. The van der Waals surface area contributed by atoms with Gasteiger partial charge in [-0.15, -0.1) is 0 Å². The van der Waals surface area contributed by atoms with E-state index in [4.69, 9.17) is 9.47 Å². The number of hydrogen-bond acceptors (Lipinski definition) is 6. The number of aromatic nitrogens is 1. The molecule has 3 rings (SSSR count). The van der Waals surface area contributed by atoms with Crippen molar-refractivity contribution in [3.63, 3.8) is 0 Å². The molecule has 1 saturated heterocycles. The van der Waals surface area contributed by atoms with Gasteiger partial charge in [0.2, 0.25) is 5.88 Å². The zero-order valence-electron chi connectivity index (χ0n) is 14.3. The number of pyridine rings is 1. The van der Waals surface area contributed by atoms with Gasteiger partial charge in [-0.25, -0.2) is 13.4 Å². The molecule has 1 aliphatic heterocycles. The van der Waals surface area contributed by atoms with Crippen LogP contribution in [-0.2, 0) is 14.6 Å². The van der Waals surface area contributed by atoms with Crippen LogP contribution in [0.5, 0.6) is 11.6 Å². The van der Waals surface area contributed by atoms with E-state index in [-0.39, 0.29) is 22.7 Å². The summed E-state index contributed by atoms with van der Waals surface area (Å²) in [6.07, 6.45) is 4.01. The predicted octanol–water partition coefficient (Wildman–Crippen LogP) is 2.19. The molecule has 1 aromatic heterocycles. The average molecular weight is 376 g/mol. The Kier molecular flexibility index (Phi) is 5.53. The van der Waals surface area contributed by atoms with Crippen LogP contribution in [0, 0.1) is 0 Å².